The normalized spacial score (nSPS) is 41.1. The zero-order valence-corrected chi connectivity index (χ0v) is 13.6. The Balaban J connectivity index is 1.76. The molecule has 0 aromatic heterocycles. The topological polar surface area (TPSA) is 61.4 Å². The zero-order chi connectivity index (χ0) is 14.6. The molecule has 1 saturated heterocycles. The van der Waals surface area contributed by atoms with Crippen LogP contribution in [0.3, 0.4) is 0 Å². The van der Waals surface area contributed by atoms with E-state index in [1.54, 1.807) is 4.31 Å². The van der Waals surface area contributed by atoms with Crippen LogP contribution in [0.1, 0.15) is 40.0 Å². The van der Waals surface area contributed by atoms with Gasteiger partial charge >= 0.3 is 0 Å². The second-order valence-electron chi connectivity index (χ2n) is 7.43. The molecule has 5 nitrogen and oxygen atoms in total. The van der Waals surface area contributed by atoms with Gasteiger partial charge < -0.3 is 5.32 Å². The molecule has 6 heteroatoms. The molecule has 0 radical (unpaired) electrons. The predicted molar refractivity (Wildman–Crippen MR) is 79.5 cm³/mol. The summed E-state index contributed by atoms with van der Waals surface area (Å²) in [5.41, 5.74) is 0.336. The average Bonchev–Trinajstić information content (AvgIpc) is 2.72. The van der Waals surface area contributed by atoms with Crippen LogP contribution < -0.4 is 10.0 Å². The molecule has 2 saturated carbocycles. The predicted octanol–water partition coefficient (Wildman–Crippen LogP) is 0.941. The van der Waals surface area contributed by atoms with Crippen LogP contribution in [0.15, 0.2) is 0 Å². The quantitative estimate of drug-likeness (QED) is 0.815. The van der Waals surface area contributed by atoms with Crippen LogP contribution in [0.25, 0.3) is 0 Å². The van der Waals surface area contributed by atoms with Gasteiger partial charge in [-0.15, -0.1) is 0 Å². The van der Waals surface area contributed by atoms with Gasteiger partial charge in [0.2, 0.25) is 0 Å². The van der Waals surface area contributed by atoms with Crippen molar-refractivity contribution < 1.29 is 8.42 Å². The molecule has 3 unspecified atom stereocenters. The molecule has 3 fully saturated rings. The lowest BCUT2D eigenvalue weighted by Gasteiger charge is -2.40. The summed E-state index contributed by atoms with van der Waals surface area (Å²) in [5.74, 6) is 0.656. The van der Waals surface area contributed by atoms with E-state index in [-0.39, 0.29) is 16.9 Å². The van der Waals surface area contributed by atoms with E-state index in [2.05, 4.69) is 30.8 Å². The minimum absolute atomic E-state index is 0.0936. The van der Waals surface area contributed by atoms with Crippen molar-refractivity contribution in [1.29, 1.82) is 0 Å². The van der Waals surface area contributed by atoms with Gasteiger partial charge in [0.05, 0.1) is 0 Å². The van der Waals surface area contributed by atoms with Gasteiger partial charge in [0, 0.05) is 32.2 Å². The van der Waals surface area contributed by atoms with Crippen molar-refractivity contribution in [3.8, 4) is 0 Å². The number of hydrogen-bond acceptors (Lipinski definition) is 3. The third kappa shape index (κ3) is 2.03. The van der Waals surface area contributed by atoms with E-state index in [0.29, 0.717) is 19.0 Å². The van der Waals surface area contributed by atoms with Gasteiger partial charge in [-0.2, -0.15) is 17.4 Å². The summed E-state index contributed by atoms with van der Waals surface area (Å²) in [7, 11) is -3.33. The maximum absolute atomic E-state index is 12.6. The fourth-order valence-corrected chi connectivity index (χ4v) is 6.05. The molecule has 20 heavy (non-hydrogen) atoms. The maximum atomic E-state index is 12.6. The molecule has 2 aliphatic carbocycles. The van der Waals surface area contributed by atoms with Crippen molar-refractivity contribution in [2.75, 3.05) is 26.2 Å². The first-order valence-electron chi connectivity index (χ1n) is 7.75. The zero-order valence-electron chi connectivity index (χ0n) is 12.8. The molecule has 0 aromatic carbocycles. The Kier molecular flexibility index (Phi) is 3.44. The van der Waals surface area contributed by atoms with Gasteiger partial charge in [0.1, 0.15) is 0 Å². The molecule has 0 amide bonds. The molecular formula is C14H27N3O2S. The SMILES string of the molecule is CC1(C)C2CCC1(C)C(NS(=O)(=O)N1CCNCC1)C2. The minimum Gasteiger partial charge on any atom is -0.314 e. The van der Waals surface area contributed by atoms with E-state index in [1.807, 2.05) is 0 Å². The Bertz CT molecular complexity index is 485. The largest absolute Gasteiger partial charge is 0.314 e. The standard InChI is InChI=1S/C14H27N3O2S/c1-13(2)11-4-5-14(13,3)12(10-11)16-20(18,19)17-8-6-15-7-9-17/h11-12,15-16H,4-10H2,1-3H3. The van der Waals surface area contributed by atoms with Crippen LogP contribution in [-0.4, -0.2) is 44.9 Å². The highest BCUT2D eigenvalue weighted by Gasteiger charge is 2.62. The molecule has 3 rings (SSSR count). The highest BCUT2D eigenvalue weighted by molar-refractivity contribution is 7.87. The smallest absolute Gasteiger partial charge is 0.279 e. The summed E-state index contributed by atoms with van der Waals surface area (Å²) in [6.07, 6.45) is 3.38. The first kappa shape index (κ1) is 14.8. The Labute approximate surface area is 122 Å². The van der Waals surface area contributed by atoms with E-state index in [0.717, 1.165) is 25.9 Å². The third-order valence-corrected chi connectivity index (χ3v) is 8.13. The maximum Gasteiger partial charge on any atom is 0.279 e. The number of rotatable bonds is 3. The Morgan fingerprint density at radius 3 is 2.35 bits per heavy atom. The number of piperazine rings is 1. The monoisotopic (exact) mass is 301 g/mol. The van der Waals surface area contributed by atoms with E-state index >= 15 is 0 Å². The lowest BCUT2D eigenvalue weighted by Crippen LogP contribution is -2.55. The van der Waals surface area contributed by atoms with Gasteiger partial charge in [-0.25, -0.2) is 0 Å². The second kappa shape index (κ2) is 4.66. The minimum atomic E-state index is -3.33. The Hall–Kier alpha value is -0.170. The fourth-order valence-electron chi connectivity index (χ4n) is 4.52. The lowest BCUT2D eigenvalue weighted by atomic mass is 9.69. The van der Waals surface area contributed by atoms with Gasteiger partial charge in [0.15, 0.2) is 0 Å². The highest BCUT2D eigenvalue weighted by Crippen LogP contribution is 2.65. The molecule has 3 aliphatic rings. The molecule has 0 spiro atoms. The number of nitrogens with zero attached hydrogens (tertiary/aromatic N) is 1. The van der Waals surface area contributed by atoms with Gasteiger partial charge in [0.25, 0.3) is 10.2 Å². The molecule has 1 heterocycles. The van der Waals surface area contributed by atoms with E-state index < -0.39 is 10.2 Å². The van der Waals surface area contributed by atoms with Crippen LogP contribution in [-0.2, 0) is 10.2 Å². The van der Waals surface area contributed by atoms with Crippen LogP contribution in [0.5, 0.6) is 0 Å². The molecule has 2 bridgehead atoms. The molecule has 116 valence electrons. The molecule has 3 atom stereocenters. The van der Waals surface area contributed by atoms with Crippen LogP contribution in [0.2, 0.25) is 0 Å². The van der Waals surface area contributed by atoms with Crippen LogP contribution in [0.4, 0.5) is 0 Å². The highest BCUT2D eigenvalue weighted by atomic mass is 32.2. The Morgan fingerprint density at radius 2 is 1.85 bits per heavy atom. The van der Waals surface area contributed by atoms with Gasteiger partial charge in [-0.1, -0.05) is 20.8 Å². The summed E-state index contributed by atoms with van der Waals surface area (Å²) >= 11 is 0. The summed E-state index contributed by atoms with van der Waals surface area (Å²) < 4.78 is 29.7. The first-order valence-corrected chi connectivity index (χ1v) is 9.19. The van der Waals surface area contributed by atoms with Crippen molar-refractivity contribution in [2.24, 2.45) is 16.7 Å². The van der Waals surface area contributed by atoms with Crippen molar-refractivity contribution in [2.45, 2.75) is 46.1 Å². The third-order valence-electron chi connectivity index (χ3n) is 6.50. The van der Waals surface area contributed by atoms with Crippen LogP contribution >= 0.6 is 0 Å². The lowest BCUT2D eigenvalue weighted by molar-refractivity contribution is 0.129. The summed E-state index contributed by atoms with van der Waals surface area (Å²) in [6, 6.07) is 0.0936. The number of hydrogen-bond donors (Lipinski definition) is 2. The molecule has 2 N–H and O–H groups in total. The summed E-state index contributed by atoms with van der Waals surface area (Å²) in [6.45, 7) is 9.53. The molecular weight excluding hydrogens is 274 g/mol. The van der Waals surface area contributed by atoms with Gasteiger partial charge in [-0.3, -0.25) is 0 Å². The number of fused-ring (bicyclic) bond motifs is 2. The average molecular weight is 301 g/mol. The fraction of sp³-hybridized carbons (Fsp3) is 1.00. The second-order valence-corrected chi connectivity index (χ2v) is 9.14. The summed E-state index contributed by atoms with van der Waals surface area (Å²) in [4.78, 5) is 0. The van der Waals surface area contributed by atoms with E-state index in [9.17, 15) is 8.42 Å². The molecule has 0 aromatic rings. The van der Waals surface area contributed by atoms with Crippen molar-refractivity contribution in [3.05, 3.63) is 0 Å². The number of nitrogens with one attached hydrogen (secondary N) is 2. The van der Waals surface area contributed by atoms with Gasteiger partial charge in [-0.05, 0) is 36.0 Å². The van der Waals surface area contributed by atoms with Crippen molar-refractivity contribution in [3.63, 3.8) is 0 Å². The van der Waals surface area contributed by atoms with Crippen LogP contribution in [0, 0.1) is 16.7 Å². The first-order chi connectivity index (χ1) is 9.27. The Morgan fingerprint density at radius 1 is 1.20 bits per heavy atom. The van der Waals surface area contributed by atoms with Crippen molar-refractivity contribution >= 4 is 10.2 Å². The summed E-state index contributed by atoms with van der Waals surface area (Å²) in [5, 5.41) is 3.19. The molecule has 1 aliphatic heterocycles. The van der Waals surface area contributed by atoms with Crippen molar-refractivity contribution in [1.82, 2.24) is 14.3 Å². The van der Waals surface area contributed by atoms with E-state index in [1.165, 1.54) is 6.42 Å². The van der Waals surface area contributed by atoms with E-state index in [4.69, 9.17) is 0 Å².